The summed E-state index contributed by atoms with van der Waals surface area (Å²) in [6, 6.07) is 5.47. The second kappa shape index (κ2) is 5.84. The Morgan fingerprint density at radius 3 is 2.65 bits per heavy atom. The lowest BCUT2D eigenvalue weighted by atomic mass is 9.98. The normalized spacial score (nSPS) is 10.4. The Bertz CT molecular complexity index is 438. The molecule has 0 aliphatic carbocycles. The van der Waals surface area contributed by atoms with Gasteiger partial charge in [-0.2, -0.15) is 0 Å². The lowest BCUT2D eigenvalue weighted by Gasteiger charge is -2.10. The molecule has 1 aromatic rings. The summed E-state index contributed by atoms with van der Waals surface area (Å²) < 4.78 is 5.23. The van der Waals surface area contributed by atoms with Gasteiger partial charge in [-0.1, -0.05) is 23.4 Å². The van der Waals surface area contributed by atoms with Gasteiger partial charge in [-0.15, -0.1) is 0 Å². The van der Waals surface area contributed by atoms with Crippen molar-refractivity contribution in [3.8, 4) is 17.6 Å². The van der Waals surface area contributed by atoms with E-state index < -0.39 is 0 Å². The molecule has 0 radical (unpaired) electrons. The van der Waals surface area contributed by atoms with Gasteiger partial charge in [-0.25, -0.2) is 0 Å². The van der Waals surface area contributed by atoms with Crippen LogP contribution in [0.2, 0.25) is 5.02 Å². The van der Waals surface area contributed by atoms with Crippen LogP contribution in [0, 0.1) is 17.3 Å². The maximum atomic E-state index is 5.93. The van der Waals surface area contributed by atoms with Gasteiger partial charge in [0.05, 0.1) is 19.3 Å². The van der Waals surface area contributed by atoms with Crippen LogP contribution in [0.15, 0.2) is 18.2 Å². The molecule has 1 rings (SSSR count). The second-order valence-electron chi connectivity index (χ2n) is 4.75. The molecule has 0 saturated heterocycles. The third-order valence-corrected chi connectivity index (χ3v) is 2.23. The van der Waals surface area contributed by atoms with Gasteiger partial charge in [0, 0.05) is 10.4 Å². The second-order valence-corrected chi connectivity index (χ2v) is 5.19. The molecule has 0 saturated carbocycles. The summed E-state index contributed by atoms with van der Waals surface area (Å²) in [5.41, 5.74) is 0.892. The number of rotatable bonds is 3. The molecule has 0 fully saturated rings. The molecule has 0 aliphatic rings. The molecule has 1 aromatic carbocycles. The largest absolute Gasteiger partial charge is 0.495 e. The standard InChI is InChI=1S/C14H18ClNO/c1-14(2,3)8-5-9-16-12-10-11(15)6-7-13(12)17-4/h6-7,10,16H,9H2,1-4H3. The van der Waals surface area contributed by atoms with Crippen molar-refractivity contribution in [1.29, 1.82) is 0 Å². The van der Waals surface area contributed by atoms with Crippen LogP contribution in [0.1, 0.15) is 20.8 Å². The summed E-state index contributed by atoms with van der Waals surface area (Å²) in [6.45, 7) is 6.83. The SMILES string of the molecule is COc1ccc(Cl)cc1NCC#CC(C)(C)C. The molecule has 0 spiro atoms. The molecule has 0 amide bonds. The maximum absolute atomic E-state index is 5.93. The summed E-state index contributed by atoms with van der Waals surface area (Å²) >= 11 is 5.93. The van der Waals surface area contributed by atoms with E-state index in [1.807, 2.05) is 12.1 Å². The Labute approximate surface area is 108 Å². The van der Waals surface area contributed by atoms with Gasteiger partial charge >= 0.3 is 0 Å². The summed E-state index contributed by atoms with van der Waals surface area (Å²) in [5, 5.41) is 3.87. The monoisotopic (exact) mass is 251 g/mol. The minimum atomic E-state index is 0.0279. The topological polar surface area (TPSA) is 21.3 Å². The smallest absolute Gasteiger partial charge is 0.142 e. The first-order chi connectivity index (χ1) is 7.92. The molecule has 0 heterocycles. The van der Waals surface area contributed by atoms with Crippen molar-refractivity contribution in [3.63, 3.8) is 0 Å². The highest BCUT2D eigenvalue weighted by Gasteiger charge is 2.04. The molecular weight excluding hydrogens is 234 g/mol. The van der Waals surface area contributed by atoms with Gasteiger partial charge in [-0.05, 0) is 39.0 Å². The fourth-order valence-electron chi connectivity index (χ4n) is 1.27. The minimum Gasteiger partial charge on any atom is -0.495 e. The van der Waals surface area contributed by atoms with Crippen molar-refractivity contribution in [1.82, 2.24) is 0 Å². The highest BCUT2D eigenvalue weighted by atomic mass is 35.5. The molecule has 0 atom stereocenters. The van der Waals surface area contributed by atoms with Gasteiger partial charge < -0.3 is 10.1 Å². The van der Waals surface area contributed by atoms with Crippen LogP contribution >= 0.6 is 11.6 Å². The van der Waals surface area contributed by atoms with Gasteiger partial charge in [0.2, 0.25) is 0 Å². The zero-order chi connectivity index (χ0) is 12.9. The first-order valence-corrected chi connectivity index (χ1v) is 5.87. The van der Waals surface area contributed by atoms with E-state index in [1.54, 1.807) is 13.2 Å². The molecule has 0 bridgehead atoms. The number of hydrogen-bond acceptors (Lipinski definition) is 2. The molecule has 0 unspecified atom stereocenters. The van der Waals surface area contributed by atoms with Crippen LogP contribution in [-0.4, -0.2) is 13.7 Å². The molecule has 1 N–H and O–H groups in total. The number of nitrogens with one attached hydrogen (secondary N) is 1. The quantitative estimate of drug-likeness (QED) is 0.825. The molecule has 92 valence electrons. The van der Waals surface area contributed by atoms with E-state index in [2.05, 4.69) is 37.9 Å². The van der Waals surface area contributed by atoms with Crippen molar-refractivity contribution in [2.75, 3.05) is 19.0 Å². The predicted octanol–water partition coefficient (Wildman–Crippen LogP) is 3.81. The van der Waals surface area contributed by atoms with Crippen molar-refractivity contribution >= 4 is 17.3 Å². The fraction of sp³-hybridized carbons (Fsp3) is 0.429. The fourth-order valence-corrected chi connectivity index (χ4v) is 1.44. The third-order valence-electron chi connectivity index (χ3n) is 1.99. The number of ether oxygens (including phenoxy) is 1. The van der Waals surface area contributed by atoms with Crippen molar-refractivity contribution in [2.45, 2.75) is 20.8 Å². The highest BCUT2D eigenvalue weighted by molar-refractivity contribution is 6.30. The number of anilines is 1. The number of benzene rings is 1. The van der Waals surface area contributed by atoms with E-state index in [4.69, 9.17) is 16.3 Å². The minimum absolute atomic E-state index is 0.0279. The van der Waals surface area contributed by atoms with E-state index in [1.165, 1.54) is 0 Å². The summed E-state index contributed by atoms with van der Waals surface area (Å²) in [7, 11) is 1.63. The van der Waals surface area contributed by atoms with Crippen LogP contribution in [0.25, 0.3) is 0 Å². The molecule has 3 heteroatoms. The van der Waals surface area contributed by atoms with Gasteiger partial charge in [0.25, 0.3) is 0 Å². The lowest BCUT2D eigenvalue weighted by Crippen LogP contribution is -2.04. The zero-order valence-electron chi connectivity index (χ0n) is 10.7. The molecule has 17 heavy (non-hydrogen) atoms. The Kier molecular flexibility index (Phi) is 4.72. The molecule has 0 aliphatic heterocycles. The van der Waals surface area contributed by atoms with Crippen LogP contribution in [0.3, 0.4) is 0 Å². The van der Waals surface area contributed by atoms with Gasteiger partial charge in [0.1, 0.15) is 5.75 Å². The third kappa shape index (κ3) is 5.01. The first-order valence-electron chi connectivity index (χ1n) is 5.50. The Morgan fingerprint density at radius 1 is 1.35 bits per heavy atom. The Morgan fingerprint density at radius 2 is 2.06 bits per heavy atom. The van der Waals surface area contributed by atoms with E-state index in [0.717, 1.165) is 11.4 Å². The van der Waals surface area contributed by atoms with E-state index in [-0.39, 0.29) is 5.41 Å². The molecular formula is C14H18ClNO. The van der Waals surface area contributed by atoms with E-state index in [0.29, 0.717) is 11.6 Å². The zero-order valence-corrected chi connectivity index (χ0v) is 11.5. The predicted molar refractivity (Wildman–Crippen MR) is 73.7 cm³/mol. The number of hydrogen-bond donors (Lipinski definition) is 1. The number of methoxy groups -OCH3 is 1. The summed E-state index contributed by atoms with van der Waals surface area (Å²) in [5.74, 6) is 7.01. The van der Waals surface area contributed by atoms with Gasteiger partial charge in [0.15, 0.2) is 0 Å². The molecule has 2 nitrogen and oxygen atoms in total. The first kappa shape index (κ1) is 13.7. The maximum Gasteiger partial charge on any atom is 0.142 e. The van der Waals surface area contributed by atoms with E-state index in [9.17, 15) is 0 Å². The Hall–Kier alpha value is -1.33. The van der Waals surface area contributed by atoms with Crippen molar-refractivity contribution < 1.29 is 4.74 Å². The van der Waals surface area contributed by atoms with Gasteiger partial charge in [-0.3, -0.25) is 0 Å². The van der Waals surface area contributed by atoms with Crippen molar-refractivity contribution in [3.05, 3.63) is 23.2 Å². The average Bonchev–Trinajstić information content (AvgIpc) is 2.23. The highest BCUT2D eigenvalue weighted by Crippen LogP contribution is 2.27. The number of halogens is 1. The van der Waals surface area contributed by atoms with Crippen LogP contribution in [0.4, 0.5) is 5.69 Å². The van der Waals surface area contributed by atoms with E-state index >= 15 is 0 Å². The lowest BCUT2D eigenvalue weighted by molar-refractivity contribution is 0.416. The van der Waals surface area contributed by atoms with Crippen molar-refractivity contribution in [2.24, 2.45) is 5.41 Å². The van der Waals surface area contributed by atoms with Crippen LogP contribution in [-0.2, 0) is 0 Å². The average molecular weight is 252 g/mol. The molecule has 0 aromatic heterocycles. The van der Waals surface area contributed by atoms with Crippen LogP contribution < -0.4 is 10.1 Å². The Balaban J connectivity index is 2.68. The summed E-state index contributed by atoms with van der Waals surface area (Å²) in [6.07, 6.45) is 0. The van der Waals surface area contributed by atoms with Crippen LogP contribution in [0.5, 0.6) is 5.75 Å². The summed E-state index contributed by atoms with van der Waals surface area (Å²) in [4.78, 5) is 0.